The van der Waals surface area contributed by atoms with Gasteiger partial charge in [-0.25, -0.2) is 15.0 Å². The molecular formula is C47H35N3Si. The van der Waals surface area contributed by atoms with Crippen LogP contribution in [-0.2, 0) is 0 Å². The van der Waals surface area contributed by atoms with Crippen LogP contribution in [0, 0.1) is 0 Å². The first-order valence-corrected chi connectivity index (χ1v) is 20.4. The van der Waals surface area contributed by atoms with E-state index in [1.165, 1.54) is 49.3 Å². The Balaban J connectivity index is 1.01. The lowest BCUT2D eigenvalue weighted by atomic mass is 9.93. The van der Waals surface area contributed by atoms with E-state index >= 15 is 0 Å². The van der Waals surface area contributed by atoms with Crippen LogP contribution >= 0.6 is 0 Å². The molecule has 1 aliphatic heterocycles. The van der Waals surface area contributed by atoms with Crippen LogP contribution in [0.3, 0.4) is 0 Å². The fourth-order valence-electron chi connectivity index (χ4n) is 7.47. The van der Waals surface area contributed by atoms with Gasteiger partial charge in [-0.15, -0.1) is 0 Å². The lowest BCUT2D eigenvalue weighted by Gasteiger charge is -2.19. The lowest BCUT2D eigenvalue weighted by Crippen LogP contribution is -2.49. The first-order valence-electron chi connectivity index (χ1n) is 17.4. The zero-order chi connectivity index (χ0) is 34.4. The Morgan fingerprint density at radius 3 is 1.27 bits per heavy atom. The van der Waals surface area contributed by atoms with Crippen molar-refractivity contribution in [2.75, 3.05) is 0 Å². The van der Waals surface area contributed by atoms with Gasteiger partial charge >= 0.3 is 0 Å². The molecule has 0 aliphatic carbocycles. The summed E-state index contributed by atoms with van der Waals surface area (Å²) in [7, 11) is -1.71. The highest BCUT2D eigenvalue weighted by Crippen LogP contribution is 2.37. The van der Waals surface area contributed by atoms with Gasteiger partial charge in [0.2, 0.25) is 0 Å². The van der Waals surface area contributed by atoms with Crippen molar-refractivity contribution in [1.82, 2.24) is 15.0 Å². The topological polar surface area (TPSA) is 38.7 Å². The SMILES string of the molecule is C[Si]1(C)c2ccccc2-c2c(-c3ccc(-c4cccc(-c5ccc(-c6nc(-c7ccccc7)nc(-c7ccccc7)n6)cc5)c4)cc3)cccc21. The molecule has 4 heteroatoms. The van der Waals surface area contributed by atoms with Gasteiger partial charge in [0.05, 0.1) is 0 Å². The van der Waals surface area contributed by atoms with Gasteiger partial charge in [0.15, 0.2) is 17.5 Å². The third-order valence-electron chi connectivity index (χ3n) is 10.2. The Labute approximate surface area is 300 Å². The minimum atomic E-state index is -1.71. The fraction of sp³-hybridized carbons (Fsp3) is 0.0426. The van der Waals surface area contributed by atoms with E-state index in [4.69, 9.17) is 15.0 Å². The number of nitrogens with zero attached hydrogens (tertiary/aromatic N) is 3. The van der Waals surface area contributed by atoms with Crippen LogP contribution in [0.15, 0.2) is 176 Å². The Bertz CT molecular complexity index is 2470. The molecular weight excluding hydrogens is 635 g/mol. The molecule has 0 atom stereocenters. The zero-order valence-electron chi connectivity index (χ0n) is 28.6. The number of hydrogen-bond acceptors (Lipinski definition) is 3. The average Bonchev–Trinajstić information content (AvgIpc) is 3.44. The van der Waals surface area contributed by atoms with Crippen molar-refractivity contribution in [3.63, 3.8) is 0 Å². The normalized spacial score (nSPS) is 12.7. The van der Waals surface area contributed by atoms with Crippen LogP contribution in [0.25, 0.3) is 78.7 Å². The predicted molar refractivity (Wildman–Crippen MR) is 215 cm³/mol. The fourth-order valence-corrected chi connectivity index (χ4v) is 10.6. The summed E-state index contributed by atoms with van der Waals surface area (Å²) in [6.45, 7) is 4.95. The van der Waals surface area contributed by atoms with E-state index in [1.807, 2.05) is 60.7 Å². The predicted octanol–water partition coefficient (Wildman–Crippen LogP) is 10.7. The summed E-state index contributed by atoms with van der Waals surface area (Å²) in [6.07, 6.45) is 0. The van der Waals surface area contributed by atoms with Crippen LogP contribution in [-0.4, -0.2) is 23.0 Å². The molecule has 0 bridgehead atoms. The Morgan fingerprint density at radius 1 is 0.314 bits per heavy atom. The highest BCUT2D eigenvalue weighted by molar-refractivity contribution is 7.04. The number of aromatic nitrogens is 3. The standard InChI is InChI=1S/C47H35N3Si/c1-51(2)42-21-10-9-19-41(42)44-40(20-12-22-43(44)51)34-27-23-32(24-28-34)38-17-11-18-39(31-38)33-25-29-37(30-26-33)47-49-45(35-13-5-3-6-14-35)48-46(50-47)36-15-7-4-8-16-36/h3-31H,1-2H3. The van der Waals surface area contributed by atoms with Gasteiger partial charge in [-0.3, -0.25) is 0 Å². The third-order valence-corrected chi connectivity index (χ3v) is 13.7. The van der Waals surface area contributed by atoms with Gasteiger partial charge in [0.25, 0.3) is 0 Å². The van der Waals surface area contributed by atoms with Crippen LogP contribution in [0.2, 0.25) is 13.1 Å². The van der Waals surface area contributed by atoms with Crippen molar-refractivity contribution in [3.05, 3.63) is 176 Å². The monoisotopic (exact) mass is 669 g/mol. The molecule has 242 valence electrons. The Kier molecular flexibility index (Phi) is 7.60. The van der Waals surface area contributed by atoms with Crippen LogP contribution in [0.4, 0.5) is 0 Å². The summed E-state index contributed by atoms with van der Waals surface area (Å²) in [5.41, 5.74) is 13.0. The molecule has 51 heavy (non-hydrogen) atoms. The minimum Gasteiger partial charge on any atom is -0.208 e. The van der Waals surface area contributed by atoms with E-state index < -0.39 is 8.07 Å². The second-order valence-electron chi connectivity index (χ2n) is 13.7. The van der Waals surface area contributed by atoms with Crippen LogP contribution < -0.4 is 10.4 Å². The molecule has 9 rings (SSSR count). The largest absolute Gasteiger partial charge is 0.208 e. The lowest BCUT2D eigenvalue weighted by molar-refractivity contribution is 1.07. The van der Waals surface area contributed by atoms with Gasteiger partial charge in [0, 0.05) is 16.7 Å². The molecule has 0 saturated heterocycles. The molecule has 3 nitrogen and oxygen atoms in total. The number of hydrogen-bond donors (Lipinski definition) is 0. The average molecular weight is 670 g/mol. The molecule has 0 unspecified atom stereocenters. The summed E-state index contributed by atoms with van der Waals surface area (Å²) >= 11 is 0. The summed E-state index contributed by atoms with van der Waals surface area (Å²) in [4.78, 5) is 14.6. The molecule has 0 amide bonds. The highest BCUT2D eigenvalue weighted by atomic mass is 28.3. The minimum absolute atomic E-state index is 0.654. The summed E-state index contributed by atoms with van der Waals surface area (Å²) in [6, 6.07) is 62.5. The quantitative estimate of drug-likeness (QED) is 0.165. The molecule has 0 N–H and O–H groups in total. The van der Waals surface area contributed by atoms with Gasteiger partial charge in [-0.05, 0) is 60.9 Å². The van der Waals surface area contributed by atoms with E-state index in [9.17, 15) is 0 Å². The van der Waals surface area contributed by atoms with E-state index in [1.54, 1.807) is 0 Å². The highest BCUT2D eigenvalue weighted by Gasteiger charge is 2.38. The van der Waals surface area contributed by atoms with Crippen molar-refractivity contribution in [2.24, 2.45) is 0 Å². The Morgan fingerprint density at radius 2 is 0.706 bits per heavy atom. The molecule has 1 aromatic heterocycles. The zero-order valence-corrected chi connectivity index (χ0v) is 29.6. The molecule has 0 fully saturated rings. The number of benzene rings is 7. The van der Waals surface area contributed by atoms with Crippen LogP contribution in [0.5, 0.6) is 0 Å². The molecule has 8 aromatic rings. The smallest absolute Gasteiger partial charge is 0.164 e. The van der Waals surface area contributed by atoms with Crippen molar-refractivity contribution >= 4 is 18.4 Å². The maximum Gasteiger partial charge on any atom is 0.164 e. The maximum atomic E-state index is 4.90. The van der Waals surface area contributed by atoms with Crippen LogP contribution in [0.1, 0.15) is 0 Å². The van der Waals surface area contributed by atoms with Gasteiger partial charge in [0.1, 0.15) is 8.07 Å². The second kappa shape index (κ2) is 12.6. The van der Waals surface area contributed by atoms with Crippen molar-refractivity contribution in [2.45, 2.75) is 13.1 Å². The molecule has 0 saturated carbocycles. The van der Waals surface area contributed by atoms with E-state index in [0.717, 1.165) is 22.3 Å². The maximum absolute atomic E-state index is 4.90. The van der Waals surface area contributed by atoms with Gasteiger partial charge in [-0.1, -0.05) is 183 Å². The Hall–Kier alpha value is -6.23. The van der Waals surface area contributed by atoms with E-state index in [2.05, 4.69) is 128 Å². The number of fused-ring (bicyclic) bond motifs is 3. The molecule has 2 heterocycles. The molecule has 1 aliphatic rings. The van der Waals surface area contributed by atoms with Crippen molar-refractivity contribution < 1.29 is 0 Å². The van der Waals surface area contributed by atoms with Gasteiger partial charge in [-0.2, -0.15) is 0 Å². The summed E-state index contributed by atoms with van der Waals surface area (Å²) in [5.74, 6) is 1.98. The van der Waals surface area contributed by atoms with Gasteiger partial charge < -0.3 is 0 Å². The first kappa shape index (κ1) is 30.8. The summed E-state index contributed by atoms with van der Waals surface area (Å²) in [5, 5.41) is 3.07. The van der Waals surface area contributed by atoms with E-state index in [-0.39, 0.29) is 0 Å². The van der Waals surface area contributed by atoms with Crippen molar-refractivity contribution in [1.29, 1.82) is 0 Å². The first-order chi connectivity index (χ1) is 25.0. The molecule has 7 aromatic carbocycles. The second-order valence-corrected chi connectivity index (χ2v) is 18.0. The molecule has 0 radical (unpaired) electrons. The molecule has 0 spiro atoms. The number of rotatable bonds is 6. The van der Waals surface area contributed by atoms with Crippen molar-refractivity contribution in [3.8, 4) is 78.7 Å². The van der Waals surface area contributed by atoms with E-state index in [0.29, 0.717) is 17.5 Å². The third kappa shape index (κ3) is 5.60. The summed E-state index contributed by atoms with van der Waals surface area (Å²) < 4.78 is 0.